The molecule has 0 aromatic heterocycles. The monoisotopic (exact) mass is 295 g/mol. The van der Waals surface area contributed by atoms with E-state index in [4.69, 9.17) is 27.9 Å². The minimum absolute atomic E-state index is 0.530. The highest BCUT2D eigenvalue weighted by atomic mass is 35.5. The summed E-state index contributed by atoms with van der Waals surface area (Å²) in [6.07, 6.45) is 0. The topological polar surface area (TPSA) is 21.3 Å². The molecule has 0 saturated carbocycles. The van der Waals surface area contributed by atoms with Crippen molar-refractivity contribution in [3.63, 3.8) is 0 Å². The van der Waals surface area contributed by atoms with Crippen LogP contribution in [0.1, 0.15) is 5.56 Å². The summed E-state index contributed by atoms with van der Waals surface area (Å²) in [6.45, 7) is 3.31. The van der Waals surface area contributed by atoms with Crippen LogP contribution in [-0.2, 0) is 0 Å². The minimum Gasteiger partial charge on any atom is -0.490 e. The first-order valence-electron chi connectivity index (χ1n) is 6.03. The van der Waals surface area contributed by atoms with Gasteiger partial charge in [-0.15, -0.1) is 0 Å². The standard InChI is InChI=1S/C15H15Cl2NO/c1-11-2-5-13(6-3-11)18-8-9-19-15-7-4-12(16)10-14(15)17/h2-7,10,18H,8-9H2,1H3. The van der Waals surface area contributed by atoms with Gasteiger partial charge in [0.1, 0.15) is 12.4 Å². The Hall–Kier alpha value is -1.38. The van der Waals surface area contributed by atoms with Gasteiger partial charge >= 0.3 is 0 Å². The van der Waals surface area contributed by atoms with Gasteiger partial charge in [0, 0.05) is 17.3 Å². The lowest BCUT2D eigenvalue weighted by Crippen LogP contribution is -2.11. The van der Waals surface area contributed by atoms with Crippen molar-refractivity contribution in [2.24, 2.45) is 0 Å². The normalized spacial score (nSPS) is 10.3. The van der Waals surface area contributed by atoms with Gasteiger partial charge in [0.15, 0.2) is 0 Å². The molecular weight excluding hydrogens is 281 g/mol. The molecule has 4 heteroatoms. The highest BCUT2D eigenvalue weighted by Crippen LogP contribution is 2.27. The summed E-state index contributed by atoms with van der Waals surface area (Å²) in [5, 5.41) is 4.42. The number of rotatable bonds is 5. The number of halogens is 2. The highest BCUT2D eigenvalue weighted by Gasteiger charge is 2.01. The third kappa shape index (κ3) is 4.34. The maximum Gasteiger partial charge on any atom is 0.138 e. The van der Waals surface area contributed by atoms with Gasteiger partial charge in [-0.25, -0.2) is 0 Å². The van der Waals surface area contributed by atoms with Crippen molar-refractivity contribution in [1.82, 2.24) is 0 Å². The Labute approximate surface area is 123 Å². The van der Waals surface area contributed by atoms with Crippen LogP contribution in [0.2, 0.25) is 10.0 Å². The summed E-state index contributed by atoms with van der Waals surface area (Å²) in [5.74, 6) is 0.650. The second-order valence-corrected chi connectivity index (χ2v) is 5.06. The maximum absolute atomic E-state index is 6.01. The van der Waals surface area contributed by atoms with Gasteiger partial charge in [0.05, 0.1) is 5.02 Å². The van der Waals surface area contributed by atoms with Gasteiger partial charge in [-0.05, 0) is 37.3 Å². The van der Waals surface area contributed by atoms with Crippen molar-refractivity contribution < 1.29 is 4.74 Å². The van der Waals surface area contributed by atoms with Gasteiger partial charge in [-0.2, -0.15) is 0 Å². The van der Waals surface area contributed by atoms with Crippen molar-refractivity contribution in [2.75, 3.05) is 18.5 Å². The van der Waals surface area contributed by atoms with Crippen LogP contribution in [0.15, 0.2) is 42.5 Å². The third-order valence-electron chi connectivity index (χ3n) is 2.63. The van der Waals surface area contributed by atoms with Crippen LogP contribution in [0.4, 0.5) is 5.69 Å². The lowest BCUT2D eigenvalue weighted by Gasteiger charge is -2.10. The summed E-state index contributed by atoms with van der Waals surface area (Å²) in [7, 11) is 0. The fourth-order valence-electron chi connectivity index (χ4n) is 1.62. The molecule has 0 atom stereocenters. The number of hydrogen-bond acceptors (Lipinski definition) is 2. The lowest BCUT2D eigenvalue weighted by molar-refractivity contribution is 0.333. The van der Waals surface area contributed by atoms with Crippen LogP contribution in [-0.4, -0.2) is 13.2 Å². The Kier molecular flexibility index (Phi) is 4.94. The van der Waals surface area contributed by atoms with E-state index in [2.05, 4.69) is 24.4 Å². The number of nitrogens with one attached hydrogen (secondary N) is 1. The molecule has 1 N–H and O–H groups in total. The zero-order valence-corrected chi connectivity index (χ0v) is 12.1. The first-order chi connectivity index (χ1) is 9.15. The van der Waals surface area contributed by atoms with E-state index in [0.29, 0.717) is 28.9 Å². The average molecular weight is 296 g/mol. The summed E-state index contributed by atoms with van der Waals surface area (Å²) in [6, 6.07) is 13.4. The van der Waals surface area contributed by atoms with Crippen molar-refractivity contribution in [3.8, 4) is 5.75 Å². The van der Waals surface area contributed by atoms with Crippen molar-refractivity contribution in [3.05, 3.63) is 58.1 Å². The molecule has 2 nitrogen and oxygen atoms in total. The highest BCUT2D eigenvalue weighted by molar-refractivity contribution is 6.35. The molecule has 0 saturated heterocycles. The number of hydrogen-bond donors (Lipinski definition) is 1. The predicted octanol–water partition coefficient (Wildman–Crippen LogP) is 4.79. The minimum atomic E-state index is 0.530. The zero-order chi connectivity index (χ0) is 13.7. The largest absolute Gasteiger partial charge is 0.490 e. The Morgan fingerprint density at radius 1 is 1.05 bits per heavy atom. The Bertz CT molecular complexity index is 540. The van der Waals surface area contributed by atoms with Crippen LogP contribution in [0.3, 0.4) is 0 Å². The molecule has 100 valence electrons. The Balaban J connectivity index is 1.79. The third-order valence-corrected chi connectivity index (χ3v) is 3.16. The van der Waals surface area contributed by atoms with E-state index in [1.807, 2.05) is 12.1 Å². The molecule has 0 aliphatic heterocycles. The first-order valence-corrected chi connectivity index (χ1v) is 6.79. The van der Waals surface area contributed by atoms with E-state index in [0.717, 1.165) is 5.69 Å². The Morgan fingerprint density at radius 2 is 1.79 bits per heavy atom. The molecule has 0 amide bonds. The Morgan fingerprint density at radius 3 is 2.47 bits per heavy atom. The molecule has 0 spiro atoms. The molecule has 2 aromatic rings. The molecule has 2 aromatic carbocycles. The number of aryl methyl sites for hydroxylation is 1. The van der Waals surface area contributed by atoms with Crippen LogP contribution in [0, 0.1) is 6.92 Å². The second kappa shape index (κ2) is 6.69. The molecule has 0 radical (unpaired) electrons. The van der Waals surface area contributed by atoms with E-state index < -0.39 is 0 Å². The van der Waals surface area contributed by atoms with Crippen LogP contribution >= 0.6 is 23.2 Å². The second-order valence-electron chi connectivity index (χ2n) is 4.22. The molecule has 0 bridgehead atoms. The summed E-state index contributed by atoms with van der Waals surface area (Å²) in [5.41, 5.74) is 2.33. The van der Waals surface area contributed by atoms with Gasteiger partial charge in [-0.3, -0.25) is 0 Å². The molecular formula is C15H15Cl2NO. The molecule has 0 aliphatic carbocycles. The summed E-state index contributed by atoms with van der Waals surface area (Å²) < 4.78 is 5.58. The SMILES string of the molecule is Cc1ccc(NCCOc2ccc(Cl)cc2Cl)cc1. The number of anilines is 1. The van der Waals surface area contributed by atoms with E-state index >= 15 is 0 Å². The van der Waals surface area contributed by atoms with E-state index in [1.165, 1.54) is 5.56 Å². The van der Waals surface area contributed by atoms with E-state index in [9.17, 15) is 0 Å². The molecule has 0 fully saturated rings. The first kappa shape index (κ1) is 14.0. The molecule has 0 aliphatic rings. The van der Waals surface area contributed by atoms with Gasteiger partial charge in [-0.1, -0.05) is 40.9 Å². The van der Waals surface area contributed by atoms with Crippen LogP contribution in [0.25, 0.3) is 0 Å². The predicted molar refractivity (Wildman–Crippen MR) is 81.6 cm³/mol. The van der Waals surface area contributed by atoms with Crippen LogP contribution in [0.5, 0.6) is 5.75 Å². The summed E-state index contributed by atoms with van der Waals surface area (Å²) >= 11 is 11.8. The quantitative estimate of drug-likeness (QED) is 0.801. The average Bonchev–Trinajstić information content (AvgIpc) is 2.39. The van der Waals surface area contributed by atoms with Crippen LogP contribution < -0.4 is 10.1 Å². The van der Waals surface area contributed by atoms with Crippen molar-refractivity contribution >= 4 is 28.9 Å². The fraction of sp³-hybridized carbons (Fsp3) is 0.200. The number of ether oxygens (including phenoxy) is 1. The number of benzene rings is 2. The van der Waals surface area contributed by atoms with Crippen molar-refractivity contribution in [1.29, 1.82) is 0 Å². The molecule has 0 heterocycles. The molecule has 19 heavy (non-hydrogen) atoms. The zero-order valence-electron chi connectivity index (χ0n) is 10.6. The van der Waals surface area contributed by atoms with E-state index in [-0.39, 0.29) is 0 Å². The summed E-state index contributed by atoms with van der Waals surface area (Å²) in [4.78, 5) is 0. The molecule has 2 rings (SSSR count). The lowest BCUT2D eigenvalue weighted by atomic mass is 10.2. The van der Waals surface area contributed by atoms with Gasteiger partial charge in [0.2, 0.25) is 0 Å². The molecule has 0 unspecified atom stereocenters. The fourth-order valence-corrected chi connectivity index (χ4v) is 2.08. The smallest absolute Gasteiger partial charge is 0.138 e. The maximum atomic E-state index is 6.01. The van der Waals surface area contributed by atoms with E-state index in [1.54, 1.807) is 18.2 Å². The van der Waals surface area contributed by atoms with Crippen molar-refractivity contribution in [2.45, 2.75) is 6.92 Å². The van der Waals surface area contributed by atoms with Gasteiger partial charge in [0.25, 0.3) is 0 Å². The van der Waals surface area contributed by atoms with Gasteiger partial charge < -0.3 is 10.1 Å².